The Morgan fingerprint density at radius 3 is 2.78 bits per heavy atom. The lowest BCUT2D eigenvalue weighted by molar-refractivity contribution is -0.384. The number of nitro groups is 1. The first-order chi connectivity index (χ1) is 11.1. The van der Waals surface area contributed by atoms with Gasteiger partial charge in [0.15, 0.2) is 5.69 Å². The maximum atomic E-state index is 12.5. The highest BCUT2D eigenvalue weighted by molar-refractivity contribution is 5.93. The van der Waals surface area contributed by atoms with E-state index in [0.29, 0.717) is 24.5 Å². The number of hydrogen-bond acceptors (Lipinski definition) is 6. The summed E-state index contributed by atoms with van der Waals surface area (Å²) in [5.74, 6) is -0.166. The fourth-order valence-corrected chi connectivity index (χ4v) is 2.53. The third-order valence-corrected chi connectivity index (χ3v) is 3.79. The Balaban J connectivity index is 1.91. The van der Waals surface area contributed by atoms with Gasteiger partial charge in [0, 0.05) is 38.3 Å². The van der Waals surface area contributed by atoms with Gasteiger partial charge in [-0.3, -0.25) is 14.9 Å². The molecule has 2 heterocycles. The Morgan fingerprint density at radius 1 is 1.35 bits per heavy atom. The molecule has 23 heavy (non-hydrogen) atoms. The summed E-state index contributed by atoms with van der Waals surface area (Å²) in [7, 11) is 0. The van der Waals surface area contributed by atoms with E-state index in [1.54, 1.807) is 24.0 Å². The zero-order valence-corrected chi connectivity index (χ0v) is 12.6. The van der Waals surface area contributed by atoms with Crippen molar-refractivity contribution in [2.24, 2.45) is 0 Å². The van der Waals surface area contributed by atoms with Crippen LogP contribution in [0.25, 0.3) is 5.69 Å². The van der Waals surface area contributed by atoms with E-state index in [4.69, 9.17) is 0 Å². The fraction of sp³-hybridized carbons (Fsp3) is 0.357. The molecular weight excluding hydrogens is 300 g/mol. The molecule has 0 aliphatic carbocycles. The molecule has 1 aromatic carbocycles. The smallest absolute Gasteiger partial charge is 0.276 e. The number of carbonyl (C=O) groups is 1. The van der Waals surface area contributed by atoms with Crippen LogP contribution in [0.1, 0.15) is 16.2 Å². The number of amides is 1. The topological polar surface area (TPSA) is 106 Å². The maximum absolute atomic E-state index is 12.5. The molecule has 120 valence electrons. The van der Waals surface area contributed by atoms with Crippen molar-refractivity contribution >= 4 is 11.6 Å². The van der Waals surface area contributed by atoms with Crippen molar-refractivity contribution in [1.82, 2.24) is 25.2 Å². The number of carbonyl (C=O) groups excluding carboxylic acids is 1. The molecule has 0 saturated carbocycles. The van der Waals surface area contributed by atoms with E-state index in [1.165, 1.54) is 16.8 Å². The van der Waals surface area contributed by atoms with Gasteiger partial charge in [0.05, 0.1) is 16.3 Å². The zero-order valence-electron chi connectivity index (χ0n) is 12.6. The second-order valence-electron chi connectivity index (χ2n) is 5.25. The highest BCUT2D eigenvalue weighted by atomic mass is 16.6. The molecular formula is C14H16N6O3. The highest BCUT2D eigenvalue weighted by Crippen LogP contribution is 2.19. The summed E-state index contributed by atoms with van der Waals surface area (Å²) in [6.07, 6.45) is 0. The molecule has 0 bridgehead atoms. The molecule has 1 aliphatic rings. The quantitative estimate of drug-likeness (QED) is 0.654. The first-order valence-corrected chi connectivity index (χ1v) is 7.25. The van der Waals surface area contributed by atoms with E-state index in [-0.39, 0.29) is 17.3 Å². The van der Waals surface area contributed by atoms with E-state index in [1.807, 2.05) is 0 Å². The molecule has 0 unspecified atom stereocenters. The van der Waals surface area contributed by atoms with Crippen LogP contribution in [0.4, 0.5) is 5.69 Å². The molecule has 1 amide bonds. The summed E-state index contributed by atoms with van der Waals surface area (Å²) >= 11 is 0. The van der Waals surface area contributed by atoms with Crippen molar-refractivity contribution in [1.29, 1.82) is 0 Å². The van der Waals surface area contributed by atoms with Crippen molar-refractivity contribution in [2.75, 3.05) is 26.2 Å². The van der Waals surface area contributed by atoms with E-state index >= 15 is 0 Å². The van der Waals surface area contributed by atoms with Crippen LogP contribution < -0.4 is 5.32 Å². The number of piperazine rings is 1. The van der Waals surface area contributed by atoms with Crippen LogP contribution in [0.15, 0.2) is 24.3 Å². The SMILES string of the molecule is Cc1c(C(=O)N2CCNCC2)nnn1-c1cccc([N+](=O)[O-])c1. The van der Waals surface area contributed by atoms with Crippen LogP contribution in [-0.4, -0.2) is 56.9 Å². The van der Waals surface area contributed by atoms with Crippen LogP contribution >= 0.6 is 0 Å². The van der Waals surface area contributed by atoms with Gasteiger partial charge in [0.25, 0.3) is 11.6 Å². The van der Waals surface area contributed by atoms with Gasteiger partial charge in [-0.2, -0.15) is 0 Å². The number of benzene rings is 1. The molecule has 9 nitrogen and oxygen atoms in total. The minimum absolute atomic E-state index is 0.0348. The molecule has 3 rings (SSSR count). The molecule has 9 heteroatoms. The number of nitrogens with one attached hydrogen (secondary N) is 1. The van der Waals surface area contributed by atoms with Gasteiger partial charge >= 0.3 is 0 Å². The normalized spacial score (nSPS) is 14.7. The molecule has 0 atom stereocenters. The largest absolute Gasteiger partial charge is 0.335 e. The molecule has 1 fully saturated rings. The predicted octanol–water partition coefficient (Wildman–Crippen LogP) is 0.529. The third kappa shape index (κ3) is 2.90. The predicted molar refractivity (Wildman–Crippen MR) is 81.5 cm³/mol. The first-order valence-electron chi connectivity index (χ1n) is 7.25. The minimum Gasteiger partial charge on any atom is -0.335 e. The summed E-state index contributed by atoms with van der Waals surface area (Å²) in [6.45, 7) is 4.49. The Hall–Kier alpha value is -2.81. The van der Waals surface area contributed by atoms with Gasteiger partial charge in [-0.15, -0.1) is 5.10 Å². The van der Waals surface area contributed by atoms with E-state index in [9.17, 15) is 14.9 Å². The van der Waals surface area contributed by atoms with Crippen LogP contribution in [0.5, 0.6) is 0 Å². The van der Waals surface area contributed by atoms with E-state index < -0.39 is 4.92 Å². The van der Waals surface area contributed by atoms with Gasteiger partial charge in [-0.05, 0) is 13.0 Å². The molecule has 1 N–H and O–H groups in total. The average molecular weight is 316 g/mol. The van der Waals surface area contributed by atoms with E-state index in [2.05, 4.69) is 15.6 Å². The van der Waals surface area contributed by atoms with Crippen molar-refractivity contribution in [3.05, 3.63) is 45.8 Å². The molecule has 1 aliphatic heterocycles. The maximum Gasteiger partial charge on any atom is 0.276 e. The second kappa shape index (κ2) is 6.13. The minimum atomic E-state index is -0.470. The number of hydrogen-bond donors (Lipinski definition) is 1. The van der Waals surface area contributed by atoms with Gasteiger partial charge in [-0.25, -0.2) is 4.68 Å². The summed E-state index contributed by atoms with van der Waals surface area (Å²) in [5.41, 5.74) is 1.31. The summed E-state index contributed by atoms with van der Waals surface area (Å²) < 4.78 is 1.45. The van der Waals surface area contributed by atoms with Crippen molar-refractivity contribution in [3.63, 3.8) is 0 Å². The lowest BCUT2D eigenvalue weighted by Gasteiger charge is -2.26. The van der Waals surface area contributed by atoms with Crippen LogP contribution in [0, 0.1) is 17.0 Å². The van der Waals surface area contributed by atoms with E-state index in [0.717, 1.165) is 13.1 Å². The first kappa shape index (κ1) is 15.1. The molecule has 1 aromatic heterocycles. The van der Waals surface area contributed by atoms with Gasteiger partial charge in [0.1, 0.15) is 0 Å². The summed E-state index contributed by atoms with van der Waals surface area (Å²) in [4.78, 5) is 24.7. The Labute approximate surface area is 132 Å². The lowest BCUT2D eigenvalue weighted by Crippen LogP contribution is -2.46. The van der Waals surface area contributed by atoms with Crippen molar-refractivity contribution < 1.29 is 9.72 Å². The second-order valence-corrected chi connectivity index (χ2v) is 5.25. The Bertz CT molecular complexity index is 751. The molecule has 1 saturated heterocycles. The monoisotopic (exact) mass is 316 g/mol. The fourth-order valence-electron chi connectivity index (χ4n) is 2.53. The van der Waals surface area contributed by atoms with Crippen LogP contribution in [0.2, 0.25) is 0 Å². The molecule has 0 spiro atoms. The van der Waals surface area contributed by atoms with Gasteiger partial charge in [-0.1, -0.05) is 11.3 Å². The lowest BCUT2D eigenvalue weighted by atomic mass is 10.2. The number of nitro benzene ring substituents is 1. The third-order valence-electron chi connectivity index (χ3n) is 3.79. The molecule has 2 aromatic rings. The Kier molecular flexibility index (Phi) is 4.02. The van der Waals surface area contributed by atoms with Crippen LogP contribution in [-0.2, 0) is 0 Å². The number of aromatic nitrogens is 3. The standard InChI is InChI=1S/C14H16N6O3/c1-10-13(14(21)18-7-5-15-6-8-18)16-17-19(10)11-3-2-4-12(9-11)20(22)23/h2-4,9,15H,5-8H2,1H3. The number of nitrogens with zero attached hydrogens (tertiary/aromatic N) is 5. The van der Waals surface area contributed by atoms with Gasteiger partial charge < -0.3 is 10.2 Å². The van der Waals surface area contributed by atoms with Crippen molar-refractivity contribution in [2.45, 2.75) is 6.92 Å². The van der Waals surface area contributed by atoms with Crippen molar-refractivity contribution in [3.8, 4) is 5.69 Å². The number of rotatable bonds is 3. The summed E-state index contributed by atoms with van der Waals surface area (Å²) in [5, 5.41) is 22.0. The summed E-state index contributed by atoms with van der Waals surface area (Å²) in [6, 6.07) is 6.07. The van der Waals surface area contributed by atoms with Crippen LogP contribution in [0.3, 0.4) is 0 Å². The Morgan fingerprint density at radius 2 is 2.09 bits per heavy atom. The van der Waals surface area contributed by atoms with Gasteiger partial charge in [0.2, 0.25) is 0 Å². The highest BCUT2D eigenvalue weighted by Gasteiger charge is 2.24. The zero-order chi connectivity index (χ0) is 16.4. The average Bonchev–Trinajstić information content (AvgIpc) is 2.96. The number of non-ortho nitro benzene ring substituents is 1. The molecule has 0 radical (unpaired) electrons.